The van der Waals surface area contributed by atoms with Crippen LogP contribution in [0.25, 0.3) is 0 Å². The minimum atomic E-state index is -0.180. The number of hydrogen-bond acceptors (Lipinski definition) is 4. The van der Waals surface area contributed by atoms with Crippen molar-refractivity contribution in [2.24, 2.45) is 11.7 Å². The Balaban J connectivity index is 1.69. The van der Waals surface area contributed by atoms with Gasteiger partial charge >= 0.3 is 0 Å². The first-order valence-electron chi connectivity index (χ1n) is 6.43. The molecule has 1 aromatic rings. The summed E-state index contributed by atoms with van der Waals surface area (Å²) in [5.41, 5.74) is 10.8. The van der Waals surface area contributed by atoms with E-state index < -0.39 is 0 Å². The Morgan fingerprint density at radius 1 is 1.39 bits per heavy atom. The van der Waals surface area contributed by atoms with Crippen LogP contribution in [0.5, 0.6) is 0 Å². The average molecular weight is 251 g/mol. The van der Waals surface area contributed by atoms with Gasteiger partial charge < -0.3 is 16.4 Å². The van der Waals surface area contributed by atoms with Crippen molar-refractivity contribution < 1.29 is 4.79 Å². The lowest BCUT2D eigenvalue weighted by atomic mass is 9.93. The molecule has 0 atom stereocenters. The number of primary amides is 1. The fourth-order valence-electron chi connectivity index (χ4n) is 2.44. The second kappa shape index (κ2) is 5.86. The van der Waals surface area contributed by atoms with Gasteiger partial charge in [-0.25, -0.2) is 0 Å². The van der Waals surface area contributed by atoms with Gasteiger partial charge in [-0.2, -0.15) is 5.10 Å². The Morgan fingerprint density at radius 2 is 2.11 bits per heavy atom. The fourth-order valence-corrected chi connectivity index (χ4v) is 2.44. The van der Waals surface area contributed by atoms with Gasteiger partial charge in [0.05, 0.1) is 6.54 Å². The molecule has 0 radical (unpaired) electrons. The van der Waals surface area contributed by atoms with E-state index in [1.807, 2.05) is 10.9 Å². The molecule has 1 aliphatic heterocycles. The topological polar surface area (TPSA) is 90.2 Å². The molecule has 1 fully saturated rings. The van der Waals surface area contributed by atoms with Crippen LogP contribution in [0.1, 0.15) is 19.3 Å². The molecule has 1 saturated heterocycles. The molecule has 0 saturated carbocycles. The average Bonchev–Trinajstić information content (AvgIpc) is 2.74. The highest BCUT2D eigenvalue weighted by Crippen LogP contribution is 2.19. The molecule has 18 heavy (non-hydrogen) atoms. The fraction of sp³-hybridized carbons (Fsp3) is 0.667. The molecule has 2 heterocycles. The summed E-state index contributed by atoms with van der Waals surface area (Å²) in [6.07, 6.45) is 4.55. The summed E-state index contributed by atoms with van der Waals surface area (Å²) in [6, 6.07) is 1.80. The van der Waals surface area contributed by atoms with Crippen LogP contribution in [-0.2, 0) is 11.3 Å². The van der Waals surface area contributed by atoms with Crippen molar-refractivity contribution in [2.75, 3.05) is 25.4 Å². The zero-order valence-corrected chi connectivity index (χ0v) is 10.6. The number of amides is 1. The Bertz CT molecular complexity index is 395. The number of hydrogen-bond donors (Lipinski definition) is 2. The van der Waals surface area contributed by atoms with Gasteiger partial charge in [0.25, 0.3) is 0 Å². The van der Waals surface area contributed by atoms with E-state index in [1.54, 1.807) is 6.07 Å². The highest BCUT2D eigenvalue weighted by molar-refractivity contribution is 5.73. The monoisotopic (exact) mass is 251 g/mol. The lowest BCUT2D eigenvalue weighted by Crippen LogP contribution is -2.37. The molecule has 6 heteroatoms. The van der Waals surface area contributed by atoms with Crippen LogP contribution in [0.2, 0.25) is 0 Å². The van der Waals surface area contributed by atoms with E-state index in [2.05, 4.69) is 10.00 Å². The normalized spacial score (nSPS) is 18.0. The van der Waals surface area contributed by atoms with E-state index >= 15 is 0 Å². The summed E-state index contributed by atoms with van der Waals surface area (Å²) in [6.45, 7) is 3.91. The standard InChI is InChI=1S/C12H21N5O/c13-11-3-6-17(15-11)8-7-16-4-1-10(2-5-16)9-12(14)18/h3,6,10H,1-2,4-5,7-9H2,(H2,13,15)(H2,14,18). The van der Waals surface area contributed by atoms with Crippen molar-refractivity contribution in [3.8, 4) is 0 Å². The predicted molar refractivity (Wildman–Crippen MR) is 69.6 cm³/mol. The van der Waals surface area contributed by atoms with Gasteiger partial charge in [-0.05, 0) is 37.9 Å². The first-order valence-corrected chi connectivity index (χ1v) is 6.43. The number of rotatable bonds is 5. The maximum Gasteiger partial charge on any atom is 0.217 e. The van der Waals surface area contributed by atoms with Crippen molar-refractivity contribution in [2.45, 2.75) is 25.8 Å². The Hall–Kier alpha value is -1.56. The SMILES string of the molecule is NC(=O)CC1CCN(CCn2ccc(N)n2)CC1. The van der Waals surface area contributed by atoms with Gasteiger partial charge in [-0.15, -0.1) is 0 Å². The smallest absolute Gasteiger partial charge is 0.217 e. The number of nitrogen functional groups attached to an aromatic ring is 1. The van der Waals surface area contributed by atoms with Crippen LogP contribution in [0.15, 0.2) is 12.3 Å². The first kappa shape index (κ1) is 12.9. The molecule has 6 nitrogen and oxygen atoms in total. The Morgan fingerprint density at radius 3 is 2.67 bits per heavy atom. The summed E-state index contributed by atoms with van der Waals surface area (Å²) in [4.78, 5) is 13.2. The van der Waals surface area contributed by atoms with Crippen LogP contribution >= 0.6 is 0 Å². The van der Waals surface area contributed by atoms with E-state index in [9.17, 15) is 4.79 Å². The van der Waals surface area contributed by atoms with Crippen LogP contribution in [-0.4, -0.2) is 40.2 Å². The molecule has 0 unspecified atom stereocenters. The Labute approximate surface area is 107 Å². The van der Waals surface area contributed by atoms with Crippen molar-refractivity contribution >= 4 is 11.7 Å². The van der Waals surface area contributed by atoms with Gasteiger partial charge in [0.1, 0.15) is 5.82 Å². The molecule has 1 amide bonds. The van der Waals surface area contributed by atoms with Crippen LogP contribution in [0.3, 0.4) is 0 Å². The summed E-state index contributed by atoms with van der Waals surface area (Å²) < 4.78 is 1.87. The largest absolute Gasteiger partial charge is 0.382 e. The predicted octanol–water partition coefficient (Wildman–Crippen LogP) is 0.0527. The van der Waals surface area contributed by atoms with Gasteiger partial charge in [0.2, 0.25) is 5.91 Å². The number of nitrogens with two attached hydrogens (primary N) is 2. The maximum absolute atomic E-state index is 10.8. The zero-order valence-electron chi connectivity index (χ0n) is 10.6. The number of carbonyl (C=O) groups is 1. The third-order valence-electron chi connectivity index (χ3n) is 3.50. The van der Waals surface area contributed by atoms with Crippen LogP contribution < -0.4 is 11.5 Å². The number of likely N-dealkylation sites (tertiary alicyclic amines) is 1. The lowest BCUT2D eigenvalue weighted by Gasteiger charge is -2.31. The number of piperidine rings is 1. The van der Waals surface area contributed by atoms with Crippen molar-refractivity contribution in [1.82, 2.24) is 14.7 Å². The summed E-state index contributed by atoms with van der Waals surface area (Å²) in [7, 11) is 0. The number of aromatic nitrogens is 2. The summed E-state index contributed by atoms with van der Waals surface area (Å²) >= 11 is 0. The van der Waals surface area contributed by atoms with Gasteiger partial charge in [-0.3, -0.25) is 9.48 Å². The molecule has 2 rings (SSSR count). The van der Waals surface area contributed by atoms with Gasteiger partial charge in [0.15, 0.2) is 0 Å². The molecule has 100 valence electrons. The zero-order chi connectivity index (χ0) is 13.0. The van der Waals surface area contributed by atoms with Gasteiger partial charge in [-0.1, -0.05) is 0 Å². The molecule has 0 aromatic carbocycles. The number of carbonyl (C=O) groups excluding carboxylic acids is 1. The maximum atomic E-state index is 10.8. The van der Waals surface area contributed by atoms with E-state index in [0.717, 1.165) is 39.0 Å². The van der Waals surface area contributed by atoms with E-state index in [4.69, 9.17) is 11.5 Å². The van der Waals surface area contributed by atoms with Gasteiger partial charge in [0, 0.05) is 19.2 Å². The quantitative estimate of drug-likeness (QED) is 0.774. The van der Waals surface area contributed by atoms with Crippen molar-refractivity contribution in [1.29, 1.82) is 0 Å². The van der Waals surface area contributed by atoms with E-state index in [0.29, 0.717) is 18.2 Å². The minimum Gasteiger partial charge on any atom is -0.382 e. The molecular weight excluding hydrogens is 230 g/mol. The van der Waals surface area contributed by atoms with E-state index in [1.165, 1.54) is 0 Å². The Kier molecular flexibility index (Phi) is 4.19. The summed E-state index contributed by atoms with van der Waals surface area (Å²) in [5, 5.41) is 4.16. The number of nitrogens with zero attached hydrogens (tertiary/aromatic N) is 3. The molecular formula is C12H21N5O. The molecule has 0 aliphatic carbocycles. The van der Waals surface area contributed by atoms with Crippen LogP contribution in [0.4, 0.5) is 5.82 Å². The van der Waals surface area contributed by atoms with Crippen molar-refractivity contribution in [3.05, 3.63) is 12.3 Å². The molecule has 1 aromatic heterocycles. The molecule has 1 aliphatic rings. The minimum absolute atomic E-state index is 0.180. The van der Waals surface area contributed by atoms with E-state index in [-0.39, 0.29) is 5.91 Å². The molecule has 4 N–H and O–H groups in total. The second-order valence-electron chi connectivity index (χ2n) is 4.96. The molecule has 0 bridgehead atoms. The highest BCUT2D eigenvalue weighted by Gasteiger charge is 2.20. The summed E-state index contributed by atoms with van der Waals surface area (Å²) in [5.74, 6) is 0.856. The third kappa shape index (κ3) is 3.73. The second-order valence-corrected chi connectivity index (χ2v) is 4.96. The lowest BCUT2D eigenvalue weighted by molar-refractivity contribution is -0.119. The molecule has 0 spiro atoms. The third-order valence-corrected chi connectivity index (χ3v) is 3.50. The van der Waals surface area contributed by atoms with Crippen molar-refractivity contribution in [3.63, 3.8) is 0 Å². The first-order chi connectivity index (χ1) is 8.63. The number of anilines is 1. The van der Waals surface area contributed by atoms with Crippen LogP contribution in [0, 0.1) is 5.92 Å². The highest BCUT2D eigenvalue weighted by atomic mass is 16.1.